The molecule has 0 bridgehead atoms. The predicted molar refractivity (Wildman–Crippen MR) is 152 cm³/mol. The topological polar surface area (TPSA) is 186 Å². The summed E-state index contributed by atoms with van der Waals surface area (Å²) in [7, 11) is -4.30. The largest absolute Gasteiger partial charge is 0.493 e. The van der Waals surface area contributed by atoms with E-state index >= 15 is 0 Å². The molecule has 1 aliphatic carbocycles. The first-order valence-corrected chi connectivity index (χ1v) is 15.7. The van der Waals surface area contributed by atoms with Gasteiger partial charge in [0.05, 0.1) is 0 Å². The first-order valence-electron chi connectivity index (χ1n) is 14.3. The number of allylic oxidation sites excluding steroid dienone is 4. The molecule has 2 fully saturated rings. The van der Waals surface area contributed by atoms with Crippen LogP contribution < -0.4 is 0 Å². The third-order valence-electron chi connectivity index (χ3n) is 8.07. The van der Waals surface area contributed by atoms with Crippen LogP contribution >= 0.6 is 0 Å². The summed E-state index contributed by atoms with van der Waals surface area (Å²) in [6, 6.07) is -1.28. The molecule has 44 heavy (non-hydrogen) atoms. The summed E-state index contributed by atoms with van der Waals surface area (Å²) in [5.74, 6) is -7.78. The minimum absolute atomic E-state index is 0.00791. The number of ether oxygens (including phenoxy) is 4. The summed E-state index contributed by atoms with van der Waals surface area (Å²) < 4.78 is 49.6. The number of carbonyl (C=O) groups is 4. The first-order chi connectivity index (χ1) is 20.6. The van der Waals surface area contributed by atoms with Crippen LogP contribution in [0.2, 0.25) is 0 Å². The maximum absolute atomic E-state index is 13.2. The molecule has 4 aliphatic rings. The SMILES string of the molecule is CCC(C)N1C(=O)C(/C=C/C=C/C=C2C(=O)OC3(CCC4(CC3)OC(=O)C(C)=C(O)O4)OC2=O)=C(O)N(C(C)CC)S1(=O)=O. The molecule has 0 radical (unpaired) electrons. The van der Waals surface area contributed by atoms with Crippen molar-refractivity contribution in [3.05, 3.63) is 58.9 Å². The molecule has 0 aromatic carbocycles. The fourth-order valence-electron chi connectivity index (χ4n) is 5.07. The summed E-state index contributed by atoms with van der Waals surface area (Å²) in [5, 5.41) is 20.7. The third-order valence-corrected chi connectivity index (χ3v) is 10.1. The van der Waals surface area contributed by atoms with Crippen molar-refractivity contribution in [1.82, 2.24) is 8.61 Å². The smallest absolute Gasteiger partial charge is 0.348 e. The number of esters is 3. The van der Waals surface area contributed by atoms with Crippen LogP contribution in [0.5, 0.6) is 0 Å². The number of hydrogen-bond acceptors (Lipinski definition) is 12. The normalized spacial score (nSPS) is 28.9. The van der Waals surface area contributed by atoms with E-state index in [1.165, 1.54) is 31.2 Å². The molecule has 1 amide bonds. The van der Waals surface area contributed by atoms with Crippen LogP contribution in [0, 0.1) is 0 Å². The van der Waals surface area contributed by atoms with Gasteiger partial charge in [0.1, 0.15) is 16.7 Å². The highest BCUT2D eigenvalue weighted by Crippen LogP contribution is 2.45. The molecule has 0 aromatic rings. The van der Waals surface area contributed by atoms with Crippen molar-refractivity contribution < 1.29 is 56.8 Å². The fourth-order valence-corrected chi connectivity index (χ4v) is 7.09. The van der Waals surface area contributed by atoms with E-state index in [1.54, 1.807) is 27.7 Å². The van der Waals surface area contributed by atoms with Crippen molar-refractivity contribution in [1.29, 1.82) is 0 Å². The molecule has 1 saturated carbocycles. The Labute approximate surface area is 255 Å². The number of nitrogens with zero attached hydrogens (tertiary/aromatic N) is 2. The second kappa shape index (κ2) is 12.0. The summed E-state index contributed by atoms with van der Waals surface area (Å²) in [6.45, 7) is 8.06. The van der Waals surface area contributed by atoms with Crippen LogP contribution in [0.25, 0.3) is 0 Å². The van der Waals surface area contributed by atoms with Crippen LogP contribution in [0.3, 0.4) is 0 Å². The Kier molecular flexibility index (Phi) is 8.92. The van der Waals surface area contributed by atoms with E-state index in [-0.39, 0.29) is 36.8 Å². The van der Waals surface area contributed by atoms with E-state index in [9.17, 15) is 37.8 Å². The molecule has 240 valence electrons. The lowest BCUT2D eigenvalue weighted by molar-refractivity contribution is -0.297. The quantitative estimate of drug-likeness (QED) is 0.180. The van der Waals surface area contributed by atoms with Crippen molar-refractivity contribution >= 4 is 34.0 Å². The van der Waals surface area contributed by atoms with Crippen LogP contribution in [0.15, 0.2) is 58.9 Å². The van der Waals surface area contributed by atoms with E-state index in [0.29, 0.717) is 12.8 Å². The summed E-state index contributed by atoms with van der Waals surface area (Å²) in [5.41, 5.74) is -0.709. The maximum Gasteiger partial charge on any atom is 0.348 e. The molecule has 3 aliphatic heterocycles. The summed E-state index contributed by atoms with van der Waals surface area (Å²) in [4.78, 5) is 50.7. The Balaban J connectivity index is 1.47. The lowest BCUT2D eigenvalue weighted by Crippen LogP contribution is -2.56. The molecule has 0 aromatic heterocycles. The Hall–Kier alpha value is -4.27. The number of rotatable bonds is 7. The highest BCUT2D eigenvalue weighted by atomic mass is 32.2. The second-order valence-corrected chi connectivity index (χ2v) is 12.7. The van der Waals surface area contributed by atoms with Gasteiger partial charge in [0.25, 0.3) is 23.4 Å². The van der Waals surface area contributed by atoms with E-state index in [2.05, 4.69) is 0 Å². The molecule has 15 heteroatoms. The Morgan fingerprint density at radius 2 is 1.30 bits per heavy atom. The highest BCUT2D eigenvalue weighted by molar-refractivity contribution is 7.87. The number of carbonyl (C=O) groups excluding carboxylic acids is 4. The van der Waals surface area contributed by atoms with E-state index in [1.807, 2.05) is 0 Å². The minimum Gasteiger partial charge on any atom is -0.493 e. The number of aliphatic hydroxyl groups is 2. The molecule has 2 atom stereocenters. The van der Waals surface area contributed by atoms with Gasteiger partial charge in [0.2, 0.25) is 5.88 Å². The van der Waals surface area contributed by atoms with Gasteiger partial charge in [-0.25, -0.2) is 23.0 Å². The molecule has 2 unspecified atom stereocenters. The van der Waals surface area contributed by atoms with Gasteiger partial charge in [-0.2, -0.15) is 8.42 Å². The van der Waals surface area contributed by atoms with E-state index in [4.69, 9.17) is 18.9 Å². The van der Waals surface area contributed by atoms with Gasteiger partial charge < -0.3 is 29.2 Å². The molecule has 3 heterocycles. The molecule has 2 spiro atoms. The zero-order valence-corrected chi connectivity index (χ0v) is 25.9. The van der Waals surface area contributed by atoms with Gasteiger partial charge >= 0.3 is 28.1 Å². The van der Waals surface area contributed by atoms with Crippen molar-refractivity contribution in [2.24, 2.45) is 0 Å². The first kappa shape index (κ1) is 32.6. The zero-order chi connectivity index (χ0) is 32.6. The van der Waals surface area contributed by atoms with Crippen molar-refractivity contribution in [2.75, 3.05) is 0 Å². The number of aliphatic hydroxyl groups excluding tert-OH is 2. The van der Waals surface area contributed by atoms with Crippen LogP contribution in [-0.4, -0.2) is 74.7 Å². The standard InChI is InChI=1S/C29H36N2O12S/c1-6-17(3)30-22(32)20(23(33)31(18(4)7-2)44(30,38)39)11-9-8-10-12-21-26(36)42-29(43-27(21)37)15-13-28(14-16-29)40-24(34)19(5)25(35)41-28/h8-12,17-18,32,34H,6-7,13-16H2,1-5H3/b10-8+,11-9+,21-12?. The Morgan fingerprint density at radius 1 is 0.795 bits per heavy atom. The van der Waals surface area contributed by atoms with Crippen molar-refractivity contribution in [3.63, 3.8) is 0 Å². The molecular weight excluding hydrogens is 600 g/mol. The lowest BCUT2D eigenvalue weighted by atomic mass is 9.87. The lowest BCUT2D eigenvalue weighted by Gasteiger charge is -2.45. The summed E-state index contributed by atoms with van der Waals surface area (Å²) >= 11 is 0. The van der Waals surface area contributed by atoms with Crippen LogP contribution in [-0.2, 0) is 48.3 Å². The Bertz CT molecular complexity index is 1490. The number of hydrogen-bond donors (Lipinski definition) is 2. The molecule has 4 rings (SSSR count). The van der Waals surface area contributed by atoms with Gasteiger partial charge in [-0.3, -0.25) is 4.79 Å². The zero-order valence-electron chi connectivity index (χ0n) is 25.1. The average molecular weight is 637 g/mol. The Morgan fingerprint density at radius 3 is 1.82 bits per heavy atom. The molecule has 1 saturated heterocycles. The molecular formula is C29H36N2O12S. The van der Waals surface area contributed by atoms with Crippen molar-refractivity contribution in [2.45, 2.75) is 96.8 Å². The maximum atomic E-state index is 13.2. The minimum atomic E-state index is -4.30. The van der Waals surface area contributed by atoms with Gasteiger partial charge in [-0.05, 0) is 45.8 Å². The summed E-state index contributed by atoms with van der Waals surface area (Å²) in [6.07, 6.45) is 7.07. The van der Waals surface area contributed by atoms with E-state index in [0.717, 1.165) is 14.7 Å². The van der Waals surface area contributed by atoms with Gasteiger partial charge in [0, 0.05) is 37.8 Å². The van der Waals surface area contributed by atoms with Crippen molar-refractivity contribution in [3.8, 4) is 0 Å². The molecule has 14 nitrogen and oxygen atoms in total. The van der Waals surface area contributed by atoms with Crippen LogP contribution in [0.1, 0.15) is 73.1 Å². The third kappa shape index (κ3) is 5.79. The average Bonchev–Trinajstić information content (AvgIpc) is 2.95. The van der Waals surface area contributed by atoms with Crippen LogP contribution in [0.4, 0.5) is 0 Å². The highest BCUT2D eigenvalue weighted by Gasteiger charge is 2.56. The predicted octanol–water partition coefficient (Wildman–Crippen LogP) is 3.21. The van der Waals surface area contributed by atoms with Gasteiger partial charge in [0.15, 0.2) is 0 Å². The fraction of sp³-hybridized carbons (Fsp3) is 0.517. The van der Waals surface area contributed by atoms with Gasteiger partial charge in [-0.1, -0.05) is 32.1 Å². The monoisotopic (exact) mass is 636 g/mol. The second-order valence-electron chi connectivity index (χ2n) is 11.0. The van der Waals surface area contributed by atoms with Gasteiger partial charge in [-0.15, -0.1) is 0 Å². The number of amides is 1. The van der Waals surface area contributed by atoms with E-state index < -0.39 is 75.1 Å². The molecule has 2 N–H and O–H groups in total.